The Morgan fingerprint density at radius 1 is 0.935 bits per heavy atom. The average Bonchev–Trinajstić information content (AvgIpc) is 2.80. The summed E-state index contributed by atoms with van der Waals surface area (Å²) in [5.74, 6) is 0.560. The number of piperazine rings is 1. The molecule has 1 aliphatic heterocycles. The van der Waals surface area contributed by atoms with E-state index in [9.17, 15) is 9.18 Å². The molecule has 0 N–H and O–H groups in total. The molecule has 1 heterocycles. The summed E-state index contributed by atoms with van der Waals surface area (Å²) < 4.78 is 19.7. The molecule has 31 heavy (non-hydrogen) atoms. The highest BCUT2D eigenvalue weighted by molar-refractivity contribution is 6.30. The highest BCUT2D eigenvalue weighted by Gasteiger charge is 2.22. The topological polar surface area (TPSA) is 32.8 Å². The van der Waals surface area contributed by atoms with Crippen molar-refractivity contribution in [2.75, 3.05) is 26.2 Å². The summed E-state index contributed by atoms with van der Waals surface area (Å²) in [5.41, 5.74) is 2.27. The Labute approximate surface area is 186 Å². The van der Waals surface area contributed by atoms with Gasteiger partial charge in [0, 0.05) is 48.9 Å². The maximum Gasteiger partial charge on any atom is 0.253 e. The van der Waals surface area contributed by atoms with Crippen LogP contribution in [-0.4, -0.2) is 41.9 Å². The second-order valence-corrected chi connectivity index (χ2v) is 8.04. The molecule has 4 nitrogen and oxygen atoms in total. The van der Waals surface area contributed by atoms with Crippen molar-refractivity contribution in [1.29, 1.82) is 0 Å². The van der Waals surface area contributed by atoms with Gasteiger partial charge in [-0.3, -0.25) is 9.69 Å². The fraction of sp³-hybridized carbons (Fsp3) is 0.240. The van der Waals surface area contributed by atoms with Gasteiger partial charge in [-0.15, -0.1) is 0 Å². The Morgan fingerprint density at radius 2 is 1.68 bits per heavy atom. The van der Waals surface area contributed by atoms with Gasteiger partial charge in [-0.25, -0.2) is 4.39 Å². The maximum absolute atomic E-state index is 13.9. The first-order chi connectivity index (χ1) is 15.1. The van der Waals surface area contributed by atoms with E-state index >= 15 is 0 Å². The number of carbonyl (C=O) groups excluding carboxylic acids is 1. The predicted molar refractivity (Wildman–Crippen MR) is 120 cm³/mol. The number of hydrogen-bond donors (Lipinski definition) is 0. The van der Waals surface area contributed by atoms with E-state index in [0.717, 1.165) is 24.4 Å². The van der Waals surface area contributed by atoms with Crippen LogP contribution in [0.1, 0.15) is 21.5 Å². The van der Waals surface area contributed by atoms with Crippen molar-refractivity contribution in [2.45, 2.75) is 13.2 Å². The van der Waals surface area contributed by atoms with Gasteiger partial charge < -0.3 is 9.64 Å². The summed E-state index contributed by atoms with van der Waals surface area (Å²) in [6.07, 6.45) is 0. The van der Waals surface area contributed by atoms with Crippen molar-refractivity contribution in [3.8, 4) is 5.75 Å². The highest BCUT2D eigenvalue weighted by atomic mass is 35.5. The summed E-state index contributed by atoms with van der Waals surface area (Å²) in [7, 11) is 0. The van der Waals surface area contributed by atoms with Crippen molar-refractivity contribution in [3.05, 3.63) is 100 Å². The lowest BCUT2D eigenvalue weighted by atomic mass is 10.1. The van der Waals surface area contributed by atoms with Crippen LogP contribution in [0, 0.1) is 5.82 Å². The van der Waals surface area contributed by atoms with Gasteiger partial charge in [0.25, 0.3) is 5.91 Å². The second kappa shape index (κ2) is 9.94. The Hall–Kier alpha value is -2.89. The average molecular weight is 439 g/mol. The van der Waals surface area contributed by atoms with Gasteiger partial charge in [-0.2, -0.15) is 0 Å². The lowest BCUT2D eigenvalue weighted by molar-refractivity contribution is 0.0627. The molecule has 0 spiro atoms. The Kier molecular flexibility index (Phi) is 6.85. The van der Waals surface area contributed by atoms with Crippen LogP contribution in [0.2, 0.25) is 5.02 Å². The van der Waals surface area contributed by atoms with E-state index in [2.05, 4.69) is 4.90 Å². The van der Waals surface area contributed by atoms with Crippen LogP contribution < -0.4 is 4.74 Å². The molecule has 6 heteroatoms. The zero-order valence-electron chi connectivity index (χ0n) is 17.1. The standard InChI is InChI=1S/C25H24ClFN2O2/c26-22-8-10-23(11-9-22)31-18-19-4-3-6-20(16-19)25(30)29-14-12-28(13-15-29)17-21-5-1-2-7-24(21)27/h1-11,16H,12-15,17-18H2. The molecule has 1 saturated heterocycles. The van der Waals surface area contributed by atoms with E-state index in [1.165, 1.54) is 6.07 Å². The molecule has 1 aliphatic rings. The Balaban J connectivity index is 1.32. The number of hydrogen-bond acceptors (Lipinski definition) is 3. The molecule has 0 bridgehead atoms. The van der Waals surface area contributed by atoms with Gasteiger partial charge in [0.1, 0.15) is 18.2 Å². The summed E-state index contributed by atoms with van der Waals surface area (Å²) >= 11 is 5.90. The minimum atomic E-state index is -0.182. The largest absolute Gasteiger partial charge is 0.489 e. The summed E-state index contributed by atoms with van der Waals surface area (Å²) in [6.45, 7) is 3.63. The van der Waals surface area contributed by atoms with Gasteiger partial charge in [0.2, 0.25) is 0 Å². The van der Waals surface area contributed by atoms with Gasteiger partial charge in [0.15, 0.2) is 0 Å². The molecule has 4 rings (SSSR count). The number of ether oxygens (including phenoxy) is 1. The fourth-order valence-corrected chi connectivity index (χ4v) is 3.78. The second-order valence-electron chi connectivity index (χ2n) is 7.60. The van der Waals surface area contributed by atoms with E-state index in [4.69, 9.17) is 16.3 Å². The first-order valence-electron chi connectivity index (χ1n) is 10.3. The molecule has 0 saturated carbocycles. The van der Waals surface area contributed by atoms with E-state index in [0.29, 0.717) is 42.4 Å². The zero-order chi connectivity index (χ0) is 21.6. The molecule has 0 aliphatic carbocycles. The number of benzene rings is 3. The van der Waals surface area contributed by atoms with Crippen LogP contribution in [0.15, 0.2) is 72.8 Å². The molecular formula is C25H24ClFN2O2. The first-order valence-corrected chi connectivity index (χ1v) is 10.7. The monoisotopic (exact) mass is 438 g/mol. The number of carbonyl (C=O) groups is 1. The fourth-order valence-electron chi connectivity index (χ4n) is 3.65. The number of amides is 1. The third-order valence-electron chi connectivity index (χ3n) is 5.40. The van der Waals surface area contributed by atoms with Gasteiger partial charge in [-0.1, -0.05) is 41.9 Å². The summed E-state index contributed by atoms with van der Waals surface area (Å²) in [4.78, 5) is 17.0. The minimum Gasteiger partial charge on any atom is -0.489 e. The van der Waals surface area contributed by atoms with Crippen molar-refractivity contribution < 1.29 is 13.9 Å². The number of nitrogens with zero attached hydrogens (tertiary/aromatic N) is 2. The van der Waals surface area contributed by atoms with Crippen LogP contribution >= 0.6 is 11.6 Å². The van der Waals surface area contributed by atoms with E-state index in [1.54, 1.807) is 18.2 Å². The zero-order valence-corrected chi connectivity index (χ0v) is 17.9. The van der Waals surface area contributed by atoms with Crippen LogP contribution in [0.5, 0.6) is 5.75 Å². The molecular weight excluding hydrogens is 415 g/mol. The van der Waals surface area contributed by atoms with E-state index in [-0.39, 0.29) is 11.7 Å². The van der Waals surface area contributed by atoms with Crippen molar-refractivity contribution in [1.82, 2.24) is 9.80 Å². The van der Waals surface area contributed by atoms with Crippen LogP contribution in [-0.2, 0) is 13.2 Å². The minimum absolute atomic E-state index is 0.0129. The Morgan fingerprint density at radius 3 is 2.42 bits per heavy atom. The molecule has 1 fully saturated rings. The van der Waals surface area contributed by atoms with Crippen LogP contribution in [0.4, 0.5) is 4.39 Å². The molecule has 0 aromatic heterocycles. The lowest BCUT2D eigenvalue weighted by Crippen LogP contribution is -2.48. The van der Waals surface area contributed by atoms with E-state index < -0.39 is 0 Å². The van der Waals surface area contributed by atoms with E-state index in [1.807, 2.05) is 53.4 Å². The summed E-state index contributed by atoms with van der Waals surface area (Å²) in [6, 6.07) is 21.6. The van der Waals surface area contributed by atoms with Gasteiger partial charge in [-0.05, 0) is 48.0 Å². The molecule has 0 atom stereocenters. The highest BCUT2D eigenvalue weighted by Crippen LogP contribution is 2.18. The summed E-state index contributed by atoms with van der Waals surface area (Å²) in [5, 5.41) is 0.661. The smallest absolute Gasteiger partial charge is 0.253 e. The SMILES string of the molecule is O=C(c1cccc(COc2ccc(Cl)cc2)c1)N1CCN(Cc2ccccc2F)CC1. The number of rotatable bonds is 6. The number of halogens is 2. The molecule has 160 valence electrons. The predicted octanol–water partition coefficient (Wildman–Crippen LogP) is 5.02. The van der Waals surface area contributed by atoms with Gasteiger partial charge >= 0.3 is 0 Å². The normalized spacial score (nSPS) is 14.5. The Bertz CT molecular complexity index is 1030. The first kappa shape index (κ1) is 21.3. The molecule has 0 radical (unpaired) electrons. The third kappa shape index (κ3) is 5.63. The third-order valence-corrected chi connectivity index (χ3v) is 5.66. The molecule has 0 unspecified atom stereocenters. The van der Waals surface area contributed by atoms with Crippen LogP contribution in [0.25, 0.3) is 0 Å². The molecule has 3 aromatic rings. The lowest BCUT2D eigenvalue weighted by Gasteiger charge is -2.35. The van der Waals surface area contributed by atoms with Crippen molar-refractivity contribution >= 4 is 17.5 Å². The van der Waals surface area contributed by atoms with Crippen LogP contribution in [0.3, 0.4) is 0 Å². The van der Waals surface area contributed by atoms with Gasteiger partial charge in [0.05, 0.1) is 0 Å². The molecule has 1 amide bonds. The van der Waals surface area contributed by atoms with Crippen molar-refractivity contribution in [3.63, 3.8) is 0 Å². The quantitative estimate of drug-likeness (QED) is 0.542. The molecule has 3 aromatic carbocycles. The van der Waals surface area contributed by atoms with Crippen molar-refractivity contribution in [2.24, 2.45) is 0 Å². The maximum atomic E-state index is 13.9.